The maximum Gasteiger partial charge on any atom is 0.160 e. The number of hydrogen-bond acceptors (Lipinski definition) is 5. The van der Waals surface area contributed by atoms with Gasteiger partial charge in [-0.2, -0.15) is 0 Å². The Morgan fingerprint density at radius 2 is 1.63 bits per heavy atom. The molecule has 3 heterocycles. The Balaban J connectivity index is 0.000000117. The Morgan fingerprint density at radius 1 is 0.789 bits per heavy atom. The quantitative estimate of drug-likeness (QED) is 0.516. The molecule has 19 heavy (non-hydrogen) atoms. The molecule has 0 saturated carbocycles. The molecule has 1 N–H and O–H groups in total. The van der Waals surface area contributed by atoms with Crippen molar-refractivity contribution in [3.63, 3.8) is 0 Å². The second-order valence-electron chi connectivity index (χ2n) is 3.74. The van der Waals surface area contributed by atoms with Crippen molar-refractivity contribution in [2.24, 2.45) is 0 Å². The maximum atomic E-state index is 4.07. The lowest BCUT2D eigenvalue weighted by Gasteiger charge is -1.90. The molecule has 0 spiro atoms. The van der Waals surface area contributed by atoms with Crippen LogP contribution in [0.2, 0.25) is 0 Å². The van der Waals surface area contributed by atoms with Crippen LogP contribution in [0.3, 0.4) is 0 Å². The maximum absolute atomic E-state index is 4.07. The first-order chi connectivity index (χ1) is 9.43. The van der Waals surface area contributed by atoms with Gasteiger partial charge in [-0.15, -0.1) is 0 Å². The summed E-state index contributed by atoms with van der Waals surface area (Å²) in [5, 5.41) is 1.09. The van der Waals surface area contributed by atoms with Crippen molar-refractivity contribution in [2.75, 3.05) is 0 Å². The summed E-state index contributed by atoms with van der Waals surface area (Å²) in [7, 11) is 0. The third kappa shape index (κ3) is 2.52. The van der Waals surface area contributed by atoms with Crippen LogP contribution in [0.4, 0.5) is 0 Å². The third-order valence-corrected chi connectivity index (χ3v) is 2.51. The monoisotopic (exact) mass is 250 g/mol. The number of fused-ring (bicyclic) bond motifs is 2. The van der Waals surface area contributed by atoms with Crippen molar-refractivity contribution in [1.29, 1.82) is 0 Å². The van der Waals surface area contributed by atoms with Gasteiger partial charge in [0.25, 0.3) is 0 Å². The Labute approximate surface area is 108 Å². The molecule has 1 aromatic carbocycles. The number of hydrogen-bond donors (Lipinski definition) is 1. The highest BCUT2D eigenvalue weighted by atomic mass is 15.0. The molecule has 0 fully saturated rings. The van der Waals surface area contributed by atoms with Gasteiger partial charge in [0.1, 0.15) is 18.2 Å². The summed E-state index contributed by atoms with van der Waals surface area (Å²) >= 11 is 0. The average molecular weight is 250 g/mol. The summed E-state index contributed by atoms with van der Waals surface area (Å²) in [6, 6.07) is 7.91. The van der Waals surface area contributed by atoms with E-state index in [0.29, 0.717) is 0 Å². The largest absolute Gasteiger partial charge is 0.329 e. The van der Waals surface area contributed by atoms with Crippen LogP contribution in [0, 0.1) is 0 Å². The number of rotatable bonds is 0. The van der Waals surface area contributed by atoms with E-state index >= 15 is 0 Å². The van der Waals surface area contributed by atoms with Gasteiger partial charge >= 0.3 is 0 Å². The zero-order valence-electron chi connectivity index (χ0n) is 9.93. The van der Waals surface area contributed by atoms with Gasteiger partial charge in [-0.3, -0.25) is 0 Å². The van der Waals surface area contributed by atoms with E-state index in [1.807, 2.05) is 30.5 Å². The van der Waals surface area contributed by atoms with Crippen molar-refractivity contribution in [1.82, 2.24) is 29.9 Å². The van der Waals surface area contributed by atoms with Crippen LogP contribution >= 0.6 is 0 Å². The van der Waals surface area contributed by atoms with Crippen molar-refractivity contribution in [3.8, 4) is 0 Å². The smallest absolute Gasteiger partial charge is 0.160 e. The summed E-state index contributed by atoms with van der Waals surface area (Å²) in [5.41, 5.74) is 2.58. The predicted molar refractivity (Wildman–Crippen MR) is 71.2 cm³/mol. The molecule has 0 bridgehead atoms. The molecule has 0 aliphatic heterocycles. The summed E-state index contributed by atoms with van der Waals surface area (Å²) in [5.74, 6) is 0. The number of aromatic nitrogens is 6. The summed E-state index contributed by atoms with van der Waals surface area (Å²) in [6.45, 7) is 0. The SMILES string of the molecule is c1ccc2ncncc2c1.c1ncc2nc[nH]c2n1. The first-order valence-electron chi connectivity index (χ1n) is 5.67. The number of H-pyrrole nitrogens is 1. The summed E-state index contributed by atoms with van der Waals surface area (Å²) < 4.78 is 0. The Bertz CT molecular complexity index is 699. The number of nitrogens with one attached hydrogen (secondary N) is 1. The highest BCUT2D eigenvalue weighted by molar-refractivity contribution is 5.76. The zero-order valence-corrected chi connectivity index (χ0v) is 9.93. The average Bonchev–Trinajstić information content (AvgIpc) is 2.96. The molecule has 0 radical (unpaired) electrons. The van der Waals surface area contributed by atoms with E-state index in [4.69, 9.17) is 0 Å². The minimum Gasteiger partial charge on any atom is -0.329 e. The second kappa shape index (κ2) is 5.18. The lowest BCUT2D eigenvalue weighted by molar-refractivity contribution is 1.20. The van der Waals surface area contributed by atoms with Gasteiger partial charge in [-0.25, -0.2) is 24.9 Å². The van der Waals surface area contributed by atoms with Crippen molar-refractivity contribution in [3.05, 3.63) is 55.6 Å². The zero-order chi connectivity index (χ0) is 12.9. The standard InChI is InChI=1S/C8H6N2.C5H4N4/c1-2-4-8-7(3-1)5-9-6-10-8;1-4-5(8-2-6-1)9-3-7-4/h1-6H;1-3H,(H,6,7,8,9). The highest BCUT2D eigenvalue weighted by Crippen LogP contribution is 2.06. The Morgan fingerprint density at radius 3 is 2.53 bits per heavy atom. The predicted octanol–water partition coefficient (Wildman–Crippen LogP) is 1.98. The molecule has 4 rings (SSSR count). The van der Waals surface area contributed by atoms with Crippen molar-refractivity contribution < 1.29 is 0 Å². The Hall–Kier alpha value is -2.89. The number of para-hydroxylation sites is 1. The molecule has 6 nitrogen and oxygen atoms in total. The van der Waals surface area contributed by atoms with Gasteiger partial charge < -0.3 is 4.98 Å². The van der Waals surface area contributed by atoms with Crippen LogP contribution in [0.25, 0.3) is 22.1 Å². The van der Waals surface area contributed by atoms with E-state index in [-0.39, 0.29) is 0 Å². The minimum absolute atomic E-state index is 0.782. The van der Waals surface area contributed by atoms with E-state index in [9.17, 15) is 0 Å². The summed E-state index contributed by atoms with van der Waals surface area (Å²) in [4.78, 5) is 22.5. The van der Waals surface area contributed by atoms with Crippen LogP contribution in [-0.4, -0.2) is 29.9 Å². The fourth-order valence-corrected chi connectivity index (χ4v) is 1.61. The van der Waals surface area contributed by atoms with Crippen LogP contribution in [0.15, 0.2) is 55.6 Å². The van der Waals surface area contributed by atoms with Crippen molar-refractivity contribution >= 4 is 22.1 Å². The van der Waals surface area contributed by atoms with Gasteiger partial charge in [-0.1, -0.05) is 18.2 Å². The van der Waals surface area contributed by atoms with Crippen LogP contribution in [-0.2, 0) is 0 Å². The van der Waals surface area contributed by atoms with Crippen LogP contribution in [0.1, 0.15) is 0 Å². The first-order valence-corrected chi connectivity index (χ1v) is 5.67. The highest BCUT2D eigenvalue weighted by Gasteiger charge is 1.91. The normalized spacial score (nSPS) is 10.1. The number of aromatic amines is 1. The molecule has 0 atom stereocenters. The number of benzene rings is 1. The molecule has 3 aromatic heterocycles. The molecule has 6 heteroatoms. The van der Waals surface area contributed by atoms with Gasteiger partial charge in [0.05, 0.1) is 18.0 Å². The second-order valence-corrected chi connectivity index (χ2v) is 3.74. The molecular formula is C13H10N6. The topological polar surface area (TPSA) is 80.2 Å². The number of nitrogens with zero attached hydrogens (tertiary/aromatic N) is 5. The molecule has 92 valence electrons. The van der Waals surface area contributed by atoms with E-state index in [1.165, 1.54) is 6.33 Å². The van der Waals surface area contributed by atoms with E-state index in [2.05, 4.69) is 29.9 Å². The minimum atomic E-state index is 0.782. The lowest BCUT2D eigenvalue weighted by atomic mass is 10.2. The molecule has 4 aromatic rings. The van der Waals surface area contributed by atoms with E-state index in [1.54, 1.807) is 18.9 Å². The first kappa shape index (κ1) is 11.2. The number of imidazole rings is 1. The van der Waals surface area contributed by atoms with Gasteiger partial charge in [0.15, 0.2) is 5.65 Å². The van der Waals surface area contributed by atoms with Crippen LogP contribution in [0.5, 0.6) is 0 Å². The van der Waals surface area contributed by atoms with Gasteiger partial charge in [0, 0.05) is 11.6 Å². The summed E-state index contributed by atoms with van der Waals surface area (Å²) in [6.07, 6.45) is 8.11. The Kier molecular flexibility index (Phi) is 3.05. The van der Waals surface area contributed by atoms with E-state index in [0.717, 1.165) is 22.1 Å². The van der Waals surface area contributed by atoms with Crippen molar-refractivity contribution in [2.45, 2.75) is 0 Å². The molecule has 0 amide bonds. The molecule has 0 aliphatic carbocycles. The van der Waals surface area contributed by atoms with E-state index < -0.39 is 0 Å². The third-order valence-electron chi connectivity index (χ3n) is 2.51. The fraction of sp³-hybridized carbons (Fsp3) is 0. The fourth-order valence-electron chi connectivity index (χ4n) is 1.61. The molecule has 0 aliphatic rings. The molecule has 0 saturated heterocycles. The lowest BCUT2D eigenvalue weighted by Crippen LogP contribution is -1.77. The molecular weight excluding hydrogens is 240 g/mol. The van der Waals surface area contributed by atoms with Crippen LogP contribution < -0.4 is 0 Å². The van der Waals surface area contributed by atoms with Gasteiger partial charge in [-0.05, 0) is 6.07 Å². The van der Waals surface area contributed by atoms with Gasteiger partial charge in [0.2, 0.25) is 0 Å². The molecule has 0 unspecified atom stereocenters.